The summed E-state index contributed by atoms with van der Waals surface area (Å²) in [6.45, 7) is 0. The maximum absolute atomic E-state index is 5.65. The molecule has 0 saturated heterocycles. The van der Waals surface area contributed by atoms with E-state index in [9.17, 15) is 0 Å². The first-order chi connectivity index (χ1) is 5.33. The topological polar surface area (TPSA) is 12.4 Å². The van der Waals surface area contributed by atoms with Gasteiger partial charge in [-0.25, -0.2) is 0 Å². The molecule has 0 heterocycles. The average molecular weight is 182 g/mol. The van der Waals surface area contributed by atoms with Gasteiger partial charge in [0.05, 0.1) is 11.6 Å². The first-order valence-electron chi connectivity index (χ1n) is 2.91. The molecule has 0 aliphatic heterocycles. The summed E-state index contributed by atoms with van der Waals surface area (Å²) in [5, 5.41) is 2.95. The van der Waals surface area contributed by atoms with E-state index >= 15 is 0 Å². The Morgan fingerprint density at radius 2 is 1.91 bits per heavy atom. The molecule has 0 bridgehead atoms. The van der Waals surface area contributed by atoms with E-state index < -0.39 is 0 Å². The molecule has 0 aliphatic rings. The highest BCUT2D eigenvalue weighted by Crippen LogP contribution is 2.14. The molecule has 0 fully saturated rings. The van der Waals surface area contributed by atoms with Gasteiger partial charge in [0.15, 0.2) is 0 Å². The molecule has 1 nitrogen and oxygen atoms in total. The number of hydrogen-bond donors (Lipinski definition) is 0. The second-order valence-corrected chi connectivity index (χ2v) is 2.44. The predicted octanol–water partition coefficient (Wildman–Crippen LogP) is 2.80. The van der Waals surface area contributed by atoms with Gasteiger partial charge < -0.3 is 0 Å². The van der Waals surface area contributed by atoms with Crippen LogP contribution in [0.2, 0.25) is 5.02 Å². The molecule has 0 spiro atoms. The minimum absolute atomic E-state index is 0.690. The Kier molecular flexibility index (Phi) is 3.03. The minimum Gasteiger partial charge on any atom is -0.197 e. The molecular weight excluding hydrogens is 178 g/mol. The Morgan fingerprint density at radius 3 is 2.45 bits per heavy atom. The zero-order valence-electron chi connectivity index (χ0n) is 5.54. The Labute approximate surface area is 75.0 Å². The van der Waals surface area contributed by atoms with Gasteiger partial charge in [-0.2, -0.15) is 4.99 Å². The summed E-state index contributed by atoms with van der Waals surface area (Å²) in [7, 11) is 0. The summed E-state index contributed by atoms with van der Waals surface area (Å²) in [4.78, 5) is 3.84. The molecule has 0 saturated carbocycles. The standard InChI is InChI=1S/C8H4ClNS/c9-7-1-3-8(4-2-7)10-5-6-11/h1-4H. The Balaban J connectivity index is 2.99. The molecule has 1 aromatic carbocycles. The molecular formula is C8H4ClNS. The largest absolute Gasteiger partial charge is 0.197 e. The molecule has 11 heavy (non-hydrogen) atoms. The third-order valence-corrected chi connectivity index (χ3v) is 1.40. The van der Waals surface area contributed by atoms with Crippen LogP contribution in [0.15, 0.2) is 29.3 Å². The van der Waals surface area contributed by atoms with E-state index in [1.807, 2.05) is 0 Å². The van der Waals surface area contributed by atoms with E-state index in [1.165, 1.54) is 0 Å². The van der Waals surface area contributed by atoms with E-state index in [2.05, 4.69) is 28.1 Å². The second-order valence-electron chi connectivity index (χ2n) is 1.80. The van der Waals surface area contributed by atoms with Gasteiger partial charge in [0.1, 0.15) is 0 Å². The van der Waals surface area contributed by atoms with Crippen molar-refractivity contribution in [2.45, 2.75) is 0 Å². The van der Waals surface area contributed by atoms with Crippen LogP contribution in [-0.2, 0) is 0 Å². The van der Waals surface area contributed by atoms with Crippen LogP contribution in [-0.4, -0.2) is 10.9 Å². The van der Waals surface area contributed by atoms with Gasteiger partial charge >= 0.3 is 0 Å². The van der Waals surface area contributed by atoms with Crippen LogP contribution >= 0.6 is 23.8 Å². The summed E-state index contributed by atoms with van der Waals surface area (Å²) >= 11 is 10.0. The minimum atomic E-state index is 0.690. The zero-order valence-corrected chi connectivity index (χ0v) is 7.12. The number of hydrogen-bond acceptors (Lipinski definition) is 2. The van der Waals surface area contributed by atoms with Crippen molar-refractivity contribution >= 4 is 40.4 Å². The van der Waals surface area contributed by atoms with E-state index in [0.29, 0.717) is 5.02 Å². The van der Waals surface area contributed by atoms with Crippen molar-refractivity contribution in [1.82, 2.24) is 0 Å². The summed E-state index contributed by atoms with van der Waals surface area (Å²) in [5.41, 5.74) is 0.770. The van der Waals surface area contributed by atoms with Gasteiger partial charge in [0, 0.05) is 10.0 Å². The van der Waals surface area contributed by atoms with Crippen molar-refractivity contribution in [1.29, 1.82) is 0 Å². The highest BCUT2D eigenvalue weighted by atomic mass is 35.5. The second kappa shape index (κ2) is 4.07. The van der Waals surface area contributed by atoms with Gasteiger partial charge in [-0.3, -0.25) is 0 Å². The molecule has 0 radical (unpaired) electrons. The third kappa shape index (κ3) is 2.67. The summed E-state index contributed by atoms with van der Waals surface area (Å²) in [5.74, 6) is 2.43. The Bertz CT molecular complexity index is 318. The van der Waals surface area contributed by atoms with Crippen molar-refractivity contribution < 1.29 is 0 Å². The quantitative estimate of drug-likeness (QED) is 0.480. The van der Waals surface area contributed by atoms with Gasteiger partial charge in [0.25, 0.3) is 0 Å². The molecule has 0 amide bonds. The van der Waals surface area contributed by atoms with Crippen LogP contribution in [0.1, 0.15) is 0 Å². The van der Waals surface area contributed by atoms with E-state index in [0.717, 1.165) is 5.69 Å². The van der Waals surface area contributed by atoms with E-state index in [-0.39, 0.29) is 0 Å². The van der Waals surface area contributed by atoms with Gasteiger partial charge in [-0.1, -0.05) is 11.6 Å². The average Bonchev–Trinajstić information content (AvgIpc) is 2.04. The Morgan fingerprint density at radius 1 is 1.27 bits per heavy atom. The van der Waals surface area contributed by atoms with Crippen LogP contribution in [0.3, 0.4) is 0 Å². The van der Waals surface area contributed by atoms with Crippen LogP contribution in [0, 0.1) is 0 Å². The SMILES string of the molecule is S=C=C=Nc1ccc(Cl)cc1. The van der Waals surface area contributed by atoms with Gasteiger partial charge in [-0.05, 0) is 36.5 Å². The molecule has 0 atom stereocenters. The van der Waals surface area contributed by atoms with Gasteiger partial charge in [0.2, 0.25) is 0 Å². The first kappa shape index (κ1) is 8.19. The molecule has 0 aromatic heterocycles. The number of halogens is 1. The molecule has 1 rings (SSSR count). The van der Waals surface area contributed by atoms with Gasteiger partial charge in [-0.15, -0.1) is 0 Å². The Hall–Kier alpha value is -0.910. The maximum atomic E-state index is 5.65. The molecule has 0 N–H and O–H groups in total. The predicted molar refractivity (Wildman–Crippen MR) is 51.1 cm³/mol. The molecule has 0 aliphatic carbocycles. The van der Waals surface area contributed by atoms with Crippen molar-refractivity contribution in [3.63, 3.8) is 0 Å². The highest BCUT2D eigenvalue weighted by molar-refractivity contribution is 7.78. The maximum Gasteiger partial charge on any atom is 0.0738 e. The lowest BCUT2D eigenvalue weighted by molar-refractivity contribution is 1.55. The summed E-state index contributed by atoms with van der Waals surface area (Å²) in [6, 6.07) is 7.07. The lowest BCUT2D eigenvalue weighted by atomic mass is 10.3. The number of benzene rings is 1. The summed E-state index contributed by atoms with van der Waals surface area (Å²) < 4.78 is 0. The lowest BCUT2D eigenvalue weighted by Gasteiger charge is -1.88. The van der Waals surface area contributed by atoms with Crippen molar-refractivity contribution in [2.24, 2.45) is 4.99 Å². The zero-order chi connectivity index (χ0) is 8.10. The monoisotopic (exact) mass is 181 g/mol. The fourth-order valence-corrected chi connectivity index (χ4v) is 0.775. The lowest BCUT2D eigenvalue weighted by Crippen LogP contribution is -1.63. The van der Waals surface area contributed by atoms with Crippen molar-refractivity contribution in [2.75, 3.05) is 0 Å². The van der Waals surface area contributed by atoms with Crippen molar-refractivity contribution in [3.05, 3.63) is 29.3 Å². The third-order valence-electron chi connectivity index (χ3n) is 1.06. The first-order valence-corrected chi connectivity index (χ1v) is 3.70. The molecule has 54 valence electrons. The number of nitrogens with zero attached hydrogens (tertiary/aromatic N) is 1. The molecule has 3 heteroatoms. The number of aliphatic imine (C=N–C) groups is 1. The van der Waals surface area contributed by atoms with Crippen LogP contribution in [0.25, 0.3) is 0 Å². The number of rotatable bonds is 1. The van der Waals surface area contributed by atoms with Crippen molar-refractivity contribution in [3.8, 4) is 0 Å². The summed E-state index contributed by atoms with van der Waals surface area (Å²) in [6.07, 6.45) is 0. The van der Waals surface area contributed by atoms with E-state index in [4.69, 9.17) is 11.6 Å². The fourth-order valence-electron chi connectivity index (χ4n) is 0.603. The van der Waals surface area contributed by atoms with Crippen LogP contribution in [0.5, 0.6) is 0 Å². The normalized spacial score (nSPS) is 8.09. The van der Waals surface area contributed by atoms with E-state index in [1.54, 1.807) is 24.3 Å². The fraction of sp³-hybridized carbons (Fsp3) is 0. The number of thiocarbonyl (C=S) groups is 1. The van der Waals surface area contributed by atoms with Crippen LogP contribution < -0.4 is 0 Å². The smallest absolute Gasteiger partial charge is 0.0738 e. The molecule has 1 aromatic rings. The van der Waals surface area contributed by atoms with Crippen LogP contribution in [0.4, 0.5) is 5.69 Å². The highest BCUT2D eigenvalue weighted by Gasteiger charge is 1.86. The molecule has 0 unspecified atom stereocenters.